The van der Waals surface area contributed by atoms with Crippen LogP contribution in [-0.2, 0) is 10.5 Å². The van der Waals surface area contributed by atoms with E-state index < -0.39 is 0 Å². The zero-order valence-corrected chi connectivity index (χ0v) is 16.0. The van der Waals surface area contributed by atoms with Gasteiger partial charge in [-0.1, -0.05) is 50.3 Å². The van der Waals surface area contributed by atoms with Crippen LogP contribution in [-0.4, -0.2) is 16.5 Å². The molecule has 4 heteroatoms. The number of rotatable bonds is 7. The van der Waals surface area contributed by atoms with Crippen LogP contribution in [0.25, 0.3) is 11.5 Å². The van der Waals surface area contributed by atoms with E-state index >= 15 is 0 Å². The fraction of sp³-hybridized carbons (Fsp3) is 0.524. The number of carbonyl (C=O) groups excluding carboxylic acids is 1. The Labute approximate surface area is 154 Å². The van der Waals surface area contributed by atoms with E-state index in [1.165, 1.54) is 32.1 Å². The summed E-state index contributed by atoms with van der Waals surface area (Å²) in [6, 6.07) is 8.11. The van der Waals surface area contributed by atoms with Gasteiger partial charge in [-0.15, -0.1) is 11.8 Å². The smallest absolute Gasteiger partial charge is 0.226 e. The predicted octanol–water partition coefficient (Wildman–Crippen LogP) is 5.73. The summed E-state index contributed by atoms with van der Waals surface area (Å²) in [4.78, 5) is 16.8. The third kappa shape index (κ3) is 4.97. The lowest BCUT2D eigenvalue weighted by Gasteiger charge is -2.20. The van der Waals surface area contributed by atoms with E-state index in [9.17, 15) is 4.79 Å². The molecule has 2 aromatic rings. The molecule has 3 rings (SSSR count). The van der Waals surface area contributed by atoms with Crippen LogP contribution in [0.2, 0.25) is 0 Å². The van der Waals surface area contributed by atoms with Gasteiger partial charge in [0.25, 0.3) is 0 Å². The number of nitrogens with zero attached hydrogens (tertiary/aromatic N) is 1. The Hall–Kier alpha value is -1.55. The van der Waals surface area contributed by atoms with Crippen LogP contribution in [0.5, 0.6) is 0 Å². The molecule has 1 aromatic carbocycles. The molecule has 3 nitrogen and oxygen atoms in total. The van der Waals surface area contributed by atoms with Crippen molar-refractivity contribution in [2.24, 2.45) is 5.92 Å². The molecular formula is C21H27NO2S. The molecule has 0 amide bonds. The van der Waals surface area contributed by atoms with Gasteiger partial charge in [0.15, 0.2) is 0 Å². The Morgan fingerprint density at radius 3 is 2.72 bits per heavy atom. The number of benzene rings is 1. The lowest BCUT2D eigenvalue weighted by atomic mass is 9.86. The highest BCUT2D eigenvalue weighted by atomic mass is 32.2. The Bertz CT molecular complexity index is 716. The predicted molar refractivity (Wildman–Crippen MR) is 104 cm³/mol. The molecule has 25 heavy (non-hydrogen) atoms. The minimum absolute atomic E-state index is 0.386. The summed E-state index contributed by atoms with van der Waals surface area (Å²) in [5.41, 5.74) is 3.15. The molecule has 1 fully saturated rings. The third-order valence-corrected chi connectivity index (χ3v) is 6.01. The number of aryl methyl sites for hydroxylation is 2. The topological polar surface area (TPSA) is 43.1 Å². The first-order valence-corrected chi connectivity index (χ1v) is 10.4. The van der Waals surface area contributed by atoms with Crippen LogP contribution in [0.3, 0.4) is 0 Å². The van der Waals surface area contributed by atoms with Crippen molar-refractivity contribution in [3.63, 3.8) is 0 Å². The van der Waals surface area contributed by atoms with Crippen LogP contribution in [0.4, 0.5) is 0 Å². The number of carbonyl (C=O) groups is 1. The normalized spacial score (nSPS) is 15.4. The van der Waals surface area contributed by atoms with Gasteiger partial charge in [-0.25, -0.2) is 4.98 Å². The SMILES string of the molecule is Cc1ccccc1-c1nc(CSCC(=O)CC2CCCCC2)c(C)o1. The standard InChI is InChI=1S/C21H27NO2S/c1-15-8-6-7-11-19(15)21-22-20(16(2)24-21)14-25-13-18(23)12-17-9-4-3-5-10-17/h6-8,11,17H,3-5,9-10,12-14H2,1-2H3. The zero-order chi connectivity index (χ0) is 17.6. The van der Waals surface area contributed by atoms with Crippen molar-refractivity contribution in [3.8, 4) is 11.5 Å². The summed E-state index contributed by atoms with van der Waals surface area (Å²) in [5, 5.41) is 0. The summed E-state index contributed by atoms with van der Waals surface area (Å²) in [5.74, 6) is 3.87. The fourth-order valence-electron chi connectivity index (χ4n) is 3.52. The van der Waals surface area contributed by atoms with E-state index in [1.54, 1.807) is 11.8 Å². The summed E-state index contributed by atoms with van der Waals surface area (Å²) < 4.78 is 5.85. The van der Waals surface area contributed by atoms with E-state index in [1.807, 2.05) is 25.1 Å². The van der Waals surface area contributed by atoms with Crippen LogP contribution < -0.4 is 0 Å². The van der Waals surface area contributed by atoms with Gasteiger partial charge in [-0.2, -0.15) is 0 Å². The molecular weight excluding hydrogens is 330 g/mol. The van der Waals surface area contributed by atoms with Gasteiger partial charge in [0, 0.05) is 17.7 Å². The number of Topliss-reactive ketones (excluding diaryl/α,β-unsaturated/α-hetero) is 1. The van der Waals surface area contributed by atoms with Gasteiger partial charge in [0.1, 0.15) is 11.5 Å². The number of ketones is 1. The van der Waals surface area contributed by atoms with Gasteiger partial charge >= 0.3 is 0 Å². The number of hydrogen-bond donors (Lipinski definition) is 0. The molecule has 0 aliphatic heterocycles. The molecule has 1 saturated carbocycles. The van der Waals surface area contributed by atoms with Crippen LogP contribution in [0.15, 0.2) is 28.7 Å². The number of thioether (sulfide) groups is 1. The van der Waals surface area contributed by atoms with E-state index in [0.29, 0.717) is 23.3 Å². The van der Waals surface area contributed by atoms with Crippen molar-refractivity contribution in [2.45, 2.75) is 58.1 Å². The van der Waals surface area contributed by atoms with Crippen molar-refractivity contribution >= 4 is 17.5 Å². The molecule has 1 aliphatic carbocycles. The molecule has 0 spiro atoms. The maximum Gasteiger partial charge on any atom is 0.226 e. The van der Waals surface area contributed by atoms with Gasteiger partial charge in [0.2, 0.25) is 5.89 Å². The molecule has 0 unspecified atom stereocenters. The van der Waals surface area contributed by atoms with Crippen molar-refractivity contribution in [2.75, 3.05) is 5.75 Å². The molecule has 0 atom stereocenters. The summed E-state index contributed by atoms with van der Waals surface area (Å²) in [6.45, 7) is 4.02. The highest BCUT2D eigenvalue weighted by Gasteiger charge is 2.18. The minimum atomic E-state index is 0.386. The second-order valence-electron chi connectivity index (χ2n) is 7.08. The highest BCUT2D eigenvalue weighted by Crippen LogP contribution is 2.28. The molecule has 0 saturated heterocycles. The first-order chi connectivity index (χ1) is 12.1. The Balaban J connectivity index is 1.52. The summed E-state index contributed by atoms with van der Waals surface area (Å²) in [6.07, 6.45) is 7.17. The largest absolute Gasteiger partial charge is 0.441 e. The van der Waals surface area contributed by atoms with Gasteiger partial charge in [0.05, 0.1) is 11.4 Å². The average Bonchev–Trinajstić information content (AvgIpc) is 2.97. The molecule has 0 bridgehead atoms. The lowest BCUT2D eigenvalue weighted by Crippen LogP contribution is -2.13. The Morgan fingerprint density at radius 1 is 1.20 bits per heavy atom. The molecule has 1 aromatic heterocycles. The number of oxazole rings is 1. The van der Waals surface area contributed by atoms with Crippen LogP contribution in [0, 0.1) is 19.8 Å². The van der Waals surface area contributed by atoms with Crippen LogP contribution in [0.1, 0.15) is 55.5 Å². The average molecular weight is 358 g/mol. The summed E-state index contributed by atoms with van der Waals surface area (Å²) >= 11 is 1.66. The summed E-state index contributed by atoms with van der Waals surface area (Å²) in [7, 11) is 0. The molecule has 0 radical (unpaired) electrons. The second kappa shape index (κ2) is 8.70. The molecule has 1 heterocycles. The fourth-order valence-corrected chi connectivity index (χ4v) is 4.43. The zero-order valence-electron chi connectivity index (χ0n) is 15.2. The first kappa shape index (κ1) is 18.2. The third-order valence-electron chi connectivity index (χ3n) is 5.01. The van der Waals surface area contributed by atoms with Gasteiger partial charge < -0.3 is 4.42 Å². The van der Waals surface area contributed by atoms with Crippen LogP contribution >= 0.6 is 11.8 Å². The highest BCUT2D eigenvalue weighted by molar-refractivity contribution is 7.99. The van der Waals surface area contributed by atoms with Crippen molar-refractivity contribution in [1.82, 2.24) is 4.98 Å². The second-order valence-corrected chi connectivity index (χ2v) is 8.06. The number of aromatic nitrogens is 1. The van der Waals surface area contributed by atoms with Crippen molar-refractivity contribution in [1.29, 1.82) is 0 Å². The maximum atomic E-state index is 12.2. The van der Waals surface area contributed by atoms with E-state index in [0.717, 1.165) is 34.8 Å². The monoisotopic (exact) mass is 357 g/mol. The Kier molecular flexibility index (Phi) is 6.35. The van der Waals surface area contributed by atoms with Crippen molar-refractivity contribution < 1.29 is 9.21 Å². The molecule has 0 N–H and O–H groups in total. The quantitative estimate of drug-likeness (QED) is 0.634. The van der Waals surface area contributed by atoms with E-state index in [4.69, 9.17) is 4.42 Å². The number of hydrogen-bond acceptors (Lipinski definition) is 4. The van der Waals surface area contributed by atoms with Gasteiger partial charge in [-0.3, -0.25) is 4.79 Å². The Morgan fingerprint density at radius 2 is 1.96 bits per heavy atom. The van der Waals surface area contributed by atoms with E-state index in [2.05, 4.69) is 18.0 Å². The maximum absolute atomic E-state index is 12.2. The first-order valence-electron chi connectivity index (χ1n) is 9.25. The molecule has 134 valence electrons. The lowest BCUT2D eigenvalue weighted by molar-refractivity contribution is -0.117. The van der Waals surface area contributed by atoms with E-state index in [-0.39, 0.29) is 0 Å². The van der Waals surface area contributed by atoms with Crippen molar-refractivity contribution in [3.05, 3.63) is 41.3 Å². The minimum Gasteiger partial charge on any atom is -0.441 e. The van der Waals surface area contributed by atoms with Gasteiger partial charge in [-0.05, 0) is 31.4 Å². The molecule has 1 aliphatic rings.